The largest absolute Gasteiger partial charge is 0.497 e. The maximum atomic E-state index is 14.6. The minimum Gasteiger partial charge on any atom is -0.497 e. The highest BCUT2D eigenvalue weighted by Crippen LogP contribution is 2.26. The van der Waals surface area contributed by atoms with E-state index in [1.807, 2.05) is 24.3 Å². The third-order valence-corrected chi connectivity index (χ3v) is 5.17. The maximum Gasteiger partial charge on any atom is 0.254 e. The Kier molecular flexibility index (Phi) is 7.63. The maximum absolute atomic E-state index is 14.6. The molecule has 2 atom stereocenters. The Labute approximate surface area is 165 Å². The number of nitrogens with two attached hydrogens (primary N) is 1. The third-order valence-electron chi connectivity index (χ3n) is 5.17. The highest BCUT2D eigenvalue weighted by atomic mass is 35.5. The number of carbonyl (C=O) groups is 1. The number of rotatable bonds is 5. The highest BCUT2D eigenvalue weighted by Gasteiger charge is 2.26. The number of hydrogen-bond acceptors (Lipinski definition) is 3. The molecule has 1 amide bonds. The van der Waals surface area contributed by atoms with Crippen LogP contribution < -0.4 is 15.8 Å². The van der Waals surface area contributed by atoms with Crippen LogP contribution in [0.4, 0.5) is 4.39 Å². The molecule has 2 unspecified atom stereocenters. The monoisotopic (exact) mass is 392 g/mol. The van der Waals surface area contributed by atoms with Crippen LogP contribution in [0.3, 0.4) is 0 Å². The lowest BCUT2D eigenvalue weighted by Gasteiger charge is -2.31. The van der Waals surface area contributed by atoms with Gasteiger partial charge in [0.1, 0.15) is 11.6 Å². The topological polar surface area (TPSA) is 64.3 Å². The van der Waals surface area contributed by atoms with Crippen molar-refractivity contribution in [2.45, 2.75) is 31.7 Å². The molecule has 3 rings (SSSR count). The average Bonchev–Trinajstić information content (AvgIpc) is 2.68. The predicted octanol–water partition coefficient (Wildman–Crippen LogP) is 4.17. The summed E-state index contributed by atoms with van der Waals surface area (Å²) in [5.41, 5.74) is 7.47. The first kappa shape index (κ1) is 21.2. The normalized spacial score (nSPS) is 19.1. The van der Waals surface area contributed by atoms with Crippen molar-refractivity contribution in [3.05, 3.63) is 53.8 Å². The van der Waals surface area contributed by atoms with Crippen molar-refractivity contribution in [1.29, 1.82) is 0 Å². The fourth-order valence-corrected chi connectivity index (χ4v) is 3.59. The number of hydrogen-bond donors (Lipinski definition) is 2. The molecule has 1 aliphatic carbocycles. The van der Waals surface area contributed by atoms with Gasteiger partial charge in [-0.2, -0.15) is 0 Å². The standard InChI is InChI=1S/C21H25FN2O2.ClH/c1-26-17-9-6-14(7-10-17)15-8-11-18(19(22)12-15)21(25)24-20-5-3-2-4-16(20)13-23;/h6-12,16,20H,2-5,13,23H2,1H3,(H,24,25);1H. The summed E-state index contributed by atoms with van der Waals surface area (Å²) in [5, 5.41) is 2.98. The minimum atomic E-state index is -0.518. The number of nitrogens with one attached hydrogen (secondary N) is 1. The average molecular weight is 393 g/mol. The van der Waals surface area contributed by atoms with Crippen molar-refractivity contribution in [3.63, 3.8) is 0 Å². The molecule has 1 aliphatic rings. The van der Waals surface area contributed by atoms with E-state index in [1.54, 1.807) is 19.2 Å². The Morgan fingerprint density at radius 3 is 2.44 bits per heavy atom. The molecule has 0 bridgehead atoms. The lowest BCUT2D eigenvalue weighted by atomic mass is 9.84. The van der Waals surface area contributed by atoms with Gasteiger partial charge in [-0.25, -0.2) is 4.39 Å². The van der Waals surface area contributed by atoms with Crippen LogP contribution >= 0.6 is 12.4 Å². The lowest BCUT2D eigenvalue weighted by Crippen LogP contribution is -2.44. The van der Waals surface area contributed by atoms with Gasteiger partial charge in [0.05, 0.1) is 12.7 Å². The van der Waals surface area contributed by atoms with Crippen molar-refractivity contribution < 1.29 is 13.9 Å². The van der Waals surface area contributed by atoms with Crippen molar-refractivity contribution in [2.24, 2.45) is 11.7 Å². The molecule has 0 heterocycles. The molecular weight excluding hydrogens is 367 g/mol. The van der Waals surface area contributed by atoms with Gasteiger partial charge in [0.2, 0.25) is 0 Å². The van der Waals surface area contributed by atoms with Crippen LogP contribution in [0.2, 0.25) is 0 Å². The summed E-state index contributed by atoms with van der Waals surface area (Å²) in [4.78, 5) is 12.5. The third kappa shape index (κ3) is 4.99. The van der Waals surface area contributed by atoms with Gasteiger partial charge in [-0.15, -0.1) is 12.4 Å². The van der Waals surface area contributed by atoms with E-state index in [-0.39, 0.29) is 35.8 Å². The Hall–Kier alpha value is -2.11. The van der Waals surface area contributed by atoms with Crippen LogP contribution in [-0.4, -0.2) is 25.6 Å². The first-order chi connectivity index (χ1) is 12.6. The van der Waals surface area contributed by atoms with Gasteiger partial charge in [0.25, 0.3) is 5.91 Å². The van der Waals surface area contributed by atoms with E-state index in [0.29, 0.717) is 6.54 Å². The molecule has 2 aromatic rings. The molecule has 3 N–H and O–H groups in total. The summed E-state index contributed by atoms with van der Waals surface area (Å²) in [6.45, 7) is 0.545. The minimum absolute atomic E-state index is 0. The summed E-state index contributed by atoms with van der Waals surface area (Å²) in [7, 11) is 1.60. The predicted molar refractivity (Wildman–Crippen MR) is 108 cm³/mol. The molecule has 4 nitrogen and oxygen atoms in total. The summed E-state index contributed by atoms with van der Waals surface area (Å²) in [5.74, 6) is 0.131. The Morgan fingerprint density at radius 2 is 1.81 bits per heavy atom. The van der Waals surface area contributed by atoms with E-state index < -0.39 is 5.82 Å². The van der Waals surface area contributed by atoms with E-state index in [2.05, 4.69) is 5.32 Å². The zero-order valence-corrected chi connectivity index (χ0v) is 16.2. The summed E-state index contributed by atoms with van der Waals surface area (Å²) < 4.78 is 19.7. The molecule has 0 spiro atoms. The molecule has 1 fully saturated rings. The number of methoxy groups -OCH3 is 1. The van der Waals surface area contributed by atoms with Crippen LogP contribution in [0.1, 0.15) is 36.0 Å². The van der Waals surface area contributed by atoms with Gasteiger partial charge in [-0.05, 0) is 60.7 Å². The lowest BCUT2D eigenvalue weighted by molar-refractivity contribution is 0.0904. The molecule has 27 heavy (non-hydrogen) atoms. The van der Waals surface area contributed by atoms with E-state index in [0.717, 1.165) is 42.6 Å². The Morgan fingerprint density at radius 1 is 1.15 bits per heavy atom. The number of carbonyl (C=O) groups excluding carboxylic acids is 1. The van der Waals surface area contributed by atoms with Gasteiger partial charge in [-0.1, -0.05) is 31.0 Å². The van der Waals surface area contributed by atoms with Crippen LogP contribution in [0.5, 0.6) is 5.75 Å². The molecule has 0 aromatic heterocycles. The first-order valence-corrected chi connectivity index (χ1v) is 9.07. The van der Waals surface area contributed by atoms with Crippen LogP contribution in [-0.2, 0) is 0 Å². The van der Waals surface area contributed by atoms with Gasteiger partial charge >= 0.3 is 0 Å². The molecule has 0 radical (unpaired) electrons. The van der Waals surface area contributed by atoms with Crippen LogP contribution in [0, 0.1) is 11.7 Å². The Bertz CT molecular complexity index is 767. The van der Waals surface area contributed by atoms with Gasteiger partial charge in [0.15, 0.2) is 0 Å². The number of benzene rings is 2. The quantitative estimate of drug-likeness (QED) is 0.802. The zero-order valence-electron chi connectivity index (χ0n) is 15.4. The molecule has 0 saturated heterocycles. The summed E-state index contributed by atoms with van der Waals surface area (Å²) in [6.07, 6.45) is 4.12. The van der Waals surface area contributed by atoms with E-state index in [1.165, 1.54) is 6.07 Å². The van der Waals surface area contributed by atoms with Gasteiger partial charge in [0, 0.05) is 6.04 Å². The first-order valence-electron chi connectivity index (χ1n) is 9.07. The smallest absolute Gasteiger partial charge is 0.254 e. The SMILES string of the molecule is COc1ccc(-c2ccc(C(=O)NC3CCCCC3CN)c(F)c2)cc1.Cl. The van der Waals surface area contributed by atoms with Gasteiger partial charge < -0.3 is 15.8 Å². The van der Waals surface area contributed by atoms with Gasteiger partial charge in [-0.3, -0.25) is 4.79 Å². The van der Waals surface area contributed by atoms with E-state index in [9.17, 15) is 9.18 Å². The van der Waals surface area contributed by atoms with Crippen molar-refractivity contribution in [3.8, 4) is 16.9 Å². The summed E-state index contributed by atoms with van der Waals surface area (Å²) >= 11 is 0. The molecule has 0 aliphatic heterocycles. The van der Waals surface area contributed by atoms with Crippen LogP contribution in [0.25, 0.3) is 11.1 Å². The molecule has 2 aromatic carbocycles. The Balaban J connectivity index is 0.00000261. The number of halogens is 2. The number of ether oxygens (including phenoxy) is 1. The highest BCUT2D eigenvalue weighted by molar-refractivity contribution is 5.95. The molecule has 1 saturated carbocycles. The molecular formula is C21H26ClFN2O2. The fraction of sp³-hybridized carbons (Fsp3) is 0.381. The van der Waals surface area contributed by atoms with Crippen molar-refractivity contribution >= 4 is 18.3 Å². The van der Waals surface area contributed by atoms with E-state index in [4.69, 9.17) is 10.5 Å². The van der Waals surface area contributed by atoms with Crippen molar-refractivity contribution in [2.75, 3.05) is 13.7 Å². The number of amides is 1. The second kappa shape index (κ2) is 9.72. The van der Waals surface area contributed by atoms with Crippen molar-refractivity contribution in [1.82, 2.24) is 5.32 Å². The second-order valence-electron chi connectivity index (χ2n) is 6.78. The van der Waals surface area contributed by atoms with Crippen LogP contribution in [0.15, 0.2) is 42.5 Å². The fourth-order valence-electron chi connectivity index (χ4n) is 3.59. The van der Waals surface area contributed by atoms with E-state index >= 15 is 0 Å². The molecule has 146 valence electrons. The zero-order chi connectivity index (χ0) is 18.5. The second-order valence-corrected chi connectivity index (χ2v) is 6.78. The molecule has 6 heteroatoms. The summed E-state index contributed by atoms with van der Waals surface area (Å²) in [6, 6.07) is 12.1.